The van der Waals surface area contributed by atoms with Gasteiger partial charge in [-0.25, -0.2) is 4.39 Å². The summed E-state index contributed by atoms with van der Waals surface area (Å²) in [4.78, 5) is 0. The van der Waals surface area contributed by atoms with Gasteiger partial charge in [0.25, 0.3) is 0 Å². The van der Waals surface area contributed by atoms with Crippen molar-refractivity contribution in [1.29, 1.82) is 0 Å². The Morgan fingerprint density at radius 3 is 1.75 bits per heavy atom. The zero-order valence-electron chi connectivity index (χ0n) is 20.9. The molecular weight excluding hydrogens is 439 g/mol. The lowest BCUT2D eigenvalue weighted by Gasteiger charge is -2.35. The van der Waals surface area contributed by atoms with Crippen LogP contribution in [0.4, 0.5) is 4.39 Å². The maximum Gasteiger partial charge on any atom is 0.124 e. The van der Waals surface area contributed by atoms with Crippen LogP contribution in [0, 0.1) is 5.82 Å². The van der Waals surface area contributed by atoms with E-state index in [1.54, 1.807) is 12.1 Å². The summed E-state index contributed by atoms with van der Waals surface area (Å²) >= 11 is 0. The van der Waals surface area contributed by atoms with Crippen molar-refractivity contribution < 1.29 is 4.39 Å². The molecule has 1 aliphatic rings. The molecular formula is C35H29F. The minimum Gasteiger partial charge on any atom is -0.207 e. The van der Waals surface area contributed by atoms with E-state index in [2.05, 4.69) is 130 Å². The summed E-state index contributed by atoms with van der Waals surface area (Å²) < 4.78 is 15.1. The van der Waals surface area contributed by atoms with Crippen molar-refractivity contribution in [2.24, 2.45) is 0 Å². The molecule has 0 aromatic heterocycles. The molecule has 0 fully saturated rings. The van der Waals surface area contributed by atoms with Crippen molar-refractivity contribution in [1.82, 2.24) is 0 Å². The number of hydrogen-bond acceptors (Lipinski definition) is 0. The van der Waals surface area contributed by atoms with Crippen LogP contribution in [-0.4, -0.2) is 0 Å². The summed E-state index contributed by atoms with van der Waals surface area (Å²) in [7, 11) is 0. The van der Waals surface area contributed by atoms with Gasteiger partial charge in [0.15, 0.2) is 0 Å². The molecule has 0 saturated heterocycles. The van der Waals surface area contributed by atoms with Crippen LogP contribution in [0.25, 0.3) is 22.3 Å². The molecule has 0 saturated carbocycles. The summed E-state index contributed by atoms with van der Waals surface area (Å²) in [5.74, 6) is -0.199. The summed E-state index contributed by atoms with van der Waals surface area (Å²) in [6.07, 6.45) is 0. The van der Waals surface area contributed by atoms with Gasteiger partial charge in [-0.2, -0.15) is 0 Å². The van der Waals surface area contributed by atoms with E-state index in [0.29, 0.717) is 0 Å². The van der Waals surface area contributed by atoms with Crippen molar-refractivity contribution in [3.8, 4) is 22.3 Å². The van der Waals surface area contributed by atoms with Gasteiger partial charge < -0.3 is 0 Å². The van der Waals surface area contributed by atoms with Crippen molar-refractivity contribution in [3.05, 3.63) is 155 Å². The Morgan fingerprint density at radius 1 is 0.556 bits per heavy atom. The summed E-state index contributed by atoms with van der Waals surface area (Å²) in [5, 5.41) is 0. The highest BCUT2D eigenvalue weighted by atomic mass is 19.1. The molecule has 1 aliphatic carbocycles. The SMILES string of the molecule is CC(C)(C)c1cc(F)cc(-c2cccc3c2C(c2ccccc2)(c2ccccc2)c2ccccc2-3)c1. The molecule has 0 radical (unpaired) electrons. The van der Waals surface area contributed by atoms with Gasteiger partial charge in [0.05, 0.1) is 5.41 Å². The average molecular weight is 469 g/mol. The number of hydrogen-bond donors (Lipinski definition) is 0. The molecule has 0 atom stereocenters. The van der Waals surface area contributed by atoms with Gasteiger partial charge in [-0.3, -0.25) is 0 Å². The lowest BCUT2D eigenvalue weighted by molar-refractivity contribution is 0.572. The molecule has 0 nitrogen and oxygen atoms in total. The van der Waals surface area contributed by atoms with E-state index in [4.69, 9.17) is 0 Å². The smallest absolute Gasteiger partial charge is 0.124 e. The molecule has 176 valence electrons. The number of halogens is 1. The second-order valence-electron chi connectivity index (χ2n) is 10.7. The van der Waals surface area contributed by atoms with Gasteiger partial charge in [0.1, 0.15) is 5.82 Å². The summed E-state index contributed by atoms with van der Waals surface area (Å²) in [6.45, 7) is 6.40. The Balaban J connectivity index is 1.78. The first-order valence-corrected chi connectivity index (χ1v) is 12.6. The fourth-order valence-corrected chi connectivity index (χ4v) is 5.92. The fraction of sp³-hybridized carbons (Fsp3) is 0.143. The molecule has 6 rings (SSSR count). The van der Waals surface area contributed by atoms with Crippen LogP contribution in [0.1, 0.15) is 48.6 Å². The first kappa shape index (κ1) is 22.5. The highest BCUT2D eigenvalue weighted by molar-refractivity contribution is 5.92. The van der Waals surface area contributed by atoms with Crippen molar-refractivity contribution >= 4 is 0 Å². The van der Waals surface area contributed by atoms with Gasteiger partial charge in [-0.15, -0.1) is 0 Å². The monoisotopic (exact) mass is 468 g/mol. The summed E-state index contributed by atoms with van der Waals surface area (Å²) in [6, 6.07) is 42.2. The molecule has 5 aromatic rings. The molecule has 0 unspecified atom stereocenters. The predicted molar refractivity (Wildman–Crippen MR) is 148 cm³/mol. The van der Waals surface area contributed by atoms with E-state index in [1.807, 2.05) is 0 Å². The van der Waals surface area contributed by atoms with Crippen molar-refractivity contribution in [2.75, 3.05) is 0 Å². The average Bonchev–Trinajstić information content (AvgIpc) is 3.20. The van der Waals surface area contributed by atoms with Gasteiger partial charge >= 0.3 is 0 Å². The fourth-order valence-electron chi connectivity index (χ4n) is 5.92. The maximum atomic E-state index is 15.1. The molecule has 36 heavy (non-hydrogen) atoms. The molecule has 1 heteroatoms. The molecule has 0 spiro atoms. The topological polar surface area (TPSA) is 0 Å². The van der Waals surface area contributed by atoms with E-state index < -0.39 is 5.41 Å². The number of rotatable bonds is 3. The third-order valence-corrected chi connectivity index (χ3v) is 7.55. The molecule has 0 N–H and O–H groups in total. The van der Waals surface area contributed by atoms with Crippen LogP contribution in [0.3, 0.4) is 0 Å². The minimum atomic E-state index is -0.515. The zero-order chi connectivity index (χ0) is 24.9. The van der Waals surface area contributed by atoms with Crippen molar-refractivity contribution in [2.45, 2.75) is 31.6 Å². The zero-order valence-corrected chi connectivity index (χ0v) is 20.9. The molecule has 5 aromatic carbocycles. The quantitative estimate of drug-likeness (QED) is 0.243. The van der Waals surface area contributed by atoms with Crippen LogP contribution in [0.5, 0.6) is 0 Å². The first-order valence-electron chi connectivity index (χ1n) is 12.6. The molecule has 0 aliphatic heterocycles. The highest BCUT2D eigenvalue weighted by Crippen LogP contribution is 2.58. The van der Waals surface area contributed by atoms with E-state index in [1.165, 1.54) is 33.4 Å². The lowest BCUT2D eigenvalue weighted by atomic mass is 9.66. The van der Waals surface area contributed by atoms with Crippen LogP contribution < -0.4 is 0 Å². The maximum absolute atomic E-state index is 15.1. The normalized spacial score (nSPS) is 13.8. The first-order chi connectivity index (χ1) is 17.4. The lowest BCUT2D eigenvalue weighted by Crippen LogP contribution is -2.29. The van der Waals surface area contributed by atoms with Gasteiger partial charge in [-0.05, 0) is 67.6 Å². The third kappa shape index (κ3) is 3.34. The Kier molecular flexibility index (Phi) is 5.19. The van der Waals surface area contributed by atoms with Crippen LogP contribution in [0.2, 0.25) is 0 Å². The number of fused-ring (bicyclic) bond motifs is 3. The largest absolute Gasteiger partial charge is 0.207 e. The van der Waals surface area contributed by atoms with Gasteiger partial charge in [-0.1, -0.05) is 130 Å². The second kappa shape index (κ2) is 8.31. The van der Waals surface area contributed by atoms with Crippen LogP contribution in [-0.2, 0) is 10.8 Å². The van der Waals surface area contributed by atoms with Crippen molar-refractivity contribution in [3.63, 3.8) is 0 Å². The Hall–Kier alpha value is -3.97. The van der Waals surface area contributed by atoms with E-state index in [-0.39, 0.29) is 11.2 Å². The molecule has 0 amide bonds. The molecule has 0 bridgehead atoms. The van der Waals surface area contributed by atoms with Crippen LogP contribution in [0.15, 0.2) is 121 Å². The number of benzene rings is 5. The Labute approximate surface area is 213 Å². The van der Waals surface area contributed by atoms with Gasteiger partial charge in [0.2, 0.25) is 0 Å². The summed E-state index contributed by atoms with van der Waals surface area (Å²) in [5.41, 5.74) is 9.65. The highest BCUT2D eigenvalue weighted by Gasteiger charge is 2.47. The van der Waals surface area contributed by atoms with E-state index in [0.717, 1.165) is 16.7 Å². The van der Waals surface area contributed by atoms with E-state index in [9.17, 15) is 0 Å². The standard InChI is InChI=1S/C35H29F/c1-34(2,3)27-21-24(22-28(36)23-27)29-18-12-19-31-30-17-10-11-20-32(30)35(33(29)31,25-13-6-4-7-14-25)26-15-8-5-9-16-26/h4-23H,1-3H3. The second-order valence-corrected chi connectivity index (χ2v) is 10.7. The Bertz CT molecular complexity index is 1520. The Morgan fingerprint density at radius 2 is 1.11 bits per heavy atom. The van der Waals surface area contributed by atoms with Crippen LogP contribution >= 0.6 is 0 Å². The minimum absolute atomic E-state index is 0.159. The van der Waals surface area contributed by atoms with E-state index >= 15 is 4.39 Å². The molecule has 0 heterocycles. The predicted octanol–water partition coefficient (Wildman–Crippen LogP) is 9.15. The van der Waals surface area contributed by atoms with Gasteiger partial charge in [0, 0.05) is 0 Å². The third-order valence-electron chi connectivity index (χ3n) is 7.55.